The van der Waals surface area contributed by atoms with E-state index in [0.29, 0.717) is 0 Å². The summed E-state index contributed by atoms with van der Waals surface area (Å²) >= 11 is 0. The number of esters is 1. The van der Waals surface area contributed by atoms with E-state index in [0.717, 1.165) is 0 Å². The van der Waals surface area contributed by atoms with Gasteiger partial charge in [0.25, 0.3) is 5.91 Å². The number of amides is 1. The van der Waals surface area contributed by atoms with Gasteiger partial charge in [-0.05, 0) is 12.1 Å². The molecular formula is C10H10F3N3O3. The Morgan fingerprint density at radius 1 is 1.42 bits per heavy atom. The molecule has 0 unspecified atom stereocenters. The van der Waals surface area contributed by atoms with Crippen molar-refractivity contribution in [3.8, 4) is 0 Å². The van der Waals surface area contributed by atoms with Crippen LogP contribution in [0.4, 0.5) is 19.0 Å². The first-order valence-corrected chi connectivity index (χ1v) is 5.00. The molecule has 9 heteroatoms. The third-order valence-corrected chi connectivity index (χ3v) is 1.88. The molecule has 0 aliphatic heterocycles. The van der Waals surface area contributed by atoms with E-state index in [-0.39, 0.29) is 11.4 Å². The number of hydrogen-bond donors (Lipinski definition) is 2. The molecule has 0 atom stereocenters. The minimum absolute atomic E-state index is 0.0638. The van der Waals surface area contributed by atoms with E-state index in [4.69, 9.17) is 5.73 Å². The van der Waals surface area contributed by atoms with E-state index in [9.17, 15) is 22.8 Å². The van der Waals surface area contributed by atoms with Gasteiger partial charge in [-0.15, -0.1) is 0 Å². The number of nitrogens with one attached hydrogen (secondary N) is 1. The molecule has 0 saturated heterocycles. The van der Waals surface area contributed by atoms with Crippen molar-refractivity contribution in [2.24, 2.45) is 0 Å². The number of alkyl halides is 3. The van der Waals surface area contributed by atoms with Gasteiger partial charge in [0, 0.05) is 6.20 Å². The summed E-state index contributed by atoms with van der Waals surface area (Å²) in [7, 11) is 0. The van der Waals surface area contributed by atoms with Gasteiger partial charge in [-0.25, -0.2) is 9.78 Å². The Kier molecular flexibility index (Phi) is 4.67. The van der Waals surface area contributed by atoms with Crippen LogP contribution in [0.3, 0.4) is 0 Å². The quantitative estimate of drug-likeness (QED) is 0.781. The lowest BCUT2D eigenvalue weighted by Gasteiger charge is -2.09. The fraction of sp³-hybridized carbons (Fsp3) is 0.300. The zero-order valence-corrected chi connectivity index (χ0v) is 9.53. The molecule has 0 radical (unpaired) electrons. The van der Waals surface area contributed by atoms with Crippen molar-refractivity contribution in [1.82, 2.24) is 10.3 Å². The number of carbonyl (C=O) groups is 2. The number of nitrogens with zero attached hydrogens (tertiary/aromatic N) is 1. The van der Waals surface area contributed by atoms with E-state index in [1.807, 2.05) is 0 Å². The molecule has 0 saturated carbocycles. The van der Waals surface area contributed by atoms with Gasteiger partial charge >= 0.3 is 12.1 Å². The second kappa shape index (κ2) is 6.03. The predicted molar refractivity (Wildman–Crippen MR) is 58.0 cm³/mol. The number of halogens is 3. The number of nitrogens with two attached hydrogens (primary N) is 1. The Morgan fingerprint density at radius 3 is 2.68 bits per heavy atom. The number of rotatable bonds is 4. The van der Waals surface area contributed by atoms with Crippen molar-refractivity contribution < 1.29 is 27.5 Å². The zero-order chi connectivity index (χ0) is 14.5. The third-order valence-electron chi connectivity index (χ3n) is 1.88. The van der Waals surface area contributed by atoms with Crippen molar-refractivity contribution in [3.63, 3.8) is 0 Å². The predicted octanol–water partition coefficient (Wildman–Crippen LogP) is 0.499. The Morgan fingerprint density at radius 2 is 2.11 bits per heavy atom. The molecule has 0 aromatic carbocycles. The summed E-state index contributed by atoms with van der Waals surface area (Å²) in [6, 6.07) is 2.75. The maximum Gasteiger partial charge on any atom is 0.405 e. The van der Waals surface area contributed by atoms with Crippen LogP contribution in [-0.2, 0) is 9.53 Å². The van der Waals surface area contributed by atoms with Gasteiger partial charge in [0.2, 0.25) is 0 Å². The molecule has 104 valence electrons. The SMILES string of the molecule is Nc1ncccc1C(=O)OCC(=O)NCC(F)(F)F. The number of ether oxygens (including phenoxy) is 1. The molecule has 3 N–H and O–H groups in total. The number of nitrogen functional groups attached to an aromatic ring is 1. The maximum absolute atomic E-state index is 11.8. The van der Waals surface area contributed by atoms with Gasteiger partial charge in [0.05, 0.1) is 0 Å². The first-order chi connectivity index (χ1) is 8.79. The lowest BCUT2D eigenvalue weighted by Crippen LogP contribution is -2.36. The lowest BCUT2D eigenvalue weighted by molar-refractivity contribution is -0.140. The normalized spacial score (nSPS) is 10.9. The van der Waals surface area contributed by atoms with E-state index in [2.05, 4.69) is 9.72 Å². The van der Waals surface area contributed by atoms with Crippen LogP contribution in [-0.4, -0.2) is 36.2 Å². The fourth-order valence-corrected chi connectivity index (χ4v) is 1.05. The van der Waals surface area contributed by atoms with Crippen LogP contribution in [0.1, 0.15) is 10.4 Å². The maximum atomic E-state index is 11.8. The van der Waals surface area contributed by atoms with Crippen LogP contribution in [0.15, 0.2) is 18.3 Å². The van der Waals surface area contributed by atoms with E-state index >= 15 is 0 Å². The van der Waals surface area contributed by atoms with Crippen LogP contribution in [0.5, 0.6) is 0 Å². The van der Waals surface area contributed by atoms with E-state index < -0.39 is 31.2 Å². The highest BCUT2D eigenvalue weighted by Crippen LogP contribution is 2.12. The minimum Gasteiger partial charge on any atom is -0.452 e. The number of hydrogen-bond acceptors (Lipinski definition) is 5. The van der Waals surface area contributed by atoms with Crippen molar-refractivity contribution in [1.29, 1.82) is 0 Å². The molecular weight excluding hydrogens is 267 g/mol. The lowest BCUT2D eigenvalue weighted by atomic mass is 10.2. The third kappa shape index (κ3) is 5.23. The molecule has 1 aromatic heterocycles. The van der Waals surface area contributed by atoms with Gasteiger partial charge in [-0.3, -0.25) is 4.79 Å². The minimum atomic E-state index is -4.52. The number of anilines is 1. The first kappa shape index (κ1) is 14.7. The Labute approximate surface area is 105 Å². The average molecular weight is 277 g/mol. The largest absolute Gasteiger partial charge is 0.452 e. The number of carbonyl (C=O) groups excluding carboxylic acids is 2. The molecule has 1 aromatic rings. The summed E-state index contributed by atoms with van der Waals surface area (Å²) in [5.74, 6) is -2.09. The molecule has 1 amide bonds. The molecule has 0 aliphatic carbocycles. The van der Waals surface area contributed by atoms with E-state index in [1.54, 1.807) is 5.32 Å². The highest BCUT2D eigenvalue weighted by Gasteiger charge is 2.27. The second-order valence-electron chi connectivity index (χ2n) is 3.40. The summed E-state index contributed by atoms with van der Waals surface area (Å²) in [5.41, 5.74) is 5.32. The van der Waals surface area contributed by atoms with Gasteiger partial charge in [-0.2, -0.15) is 13.2 Å². The highest BCUT2D eigenvalue weighted by atomic mass is 19.4. The summed E-state index contributed by atoms with van der Waals surface area (Å²) in [6.07, 6.45) is -3.17. The second-order valence-corrected chi connectivity index (χ2v) is 3.40. The van der Waals surface area contributed by atoms with Crippen LogP contribution in [0.2, 0.25) is 0 Å². The molecule has 0 spiro atoms. The van der Waals surface area contributed by atoms with E-state index in [1.165, 1.54) is 18.3 Å². The molecule has 19 heavy (non-hydrogen) atoms. The Hall–Kier alpha value is -2.32. The Bertz CT molecular complexity index is 477. The molecule has 0 fully saturated rings. The fourth-order valence-electron chi connectivity index (χ4n) is 1.05. The highest BCUT2D eigenvalue weighted by molar-refractivity contribution is 5.95. The van der Waals surface area contributed by atoms with Gasteiger partial charge < -0.3 is 15.8 Å². The van der Waals surface area contributed by atoms with Crippen molar-refractivity contribution in [2.45, 2.75) is 6.18 Å². The van der Waals surface area contributed by atoms with Crippen molar-refractivity contribution in [2.75, 3.05) is 18.9 Å². The van der Waals surface area contributed by atoms with Gasteiger partial charge in [0.15, 0.2) is 6.61 Å². The molecule has 6 nitrogen and oxygen atoms in total. The summed E-state index contributed by atoms with van der Waals surface area (Å²) in [5, 5.41) is 1.56. The van der Waals surface area contributed by atoms with Crippen LogP contribution in [0.25, 0.3) is 0 Å². The summed E-state index contributed by atoms with van der Waals surface area (Å²) in [6.45, 7) is -2.32. The number of aromatic nitrogens is 1. The monoisotopic (exact) mass is 277 g/mol. The van der Waals surface area contributed by atoms with Gasteiger partial charge in [0.1, 0.15) is 17.9 Å². The van der Waals surface area contributed by atoms with Crippen molar-refractivity contribution in [3.05, 3.63) is 23.9 Å². The van der Waals surface area contributed by atoms with Crippen LogP contribution in [0, 0.1) is 0 Å². The summed E-state index contributed by atoms with van der Waals surface area (Å²) in [4.78, 5) is 26.0. The van der Waals surface area contributed by atoms with Crippen LogP contribution >= 0.6 is 0 Å². The molecule has 1 heterocycles. The smallest absolute Gasteiger partial charge is 0.405 e. The zero-order valence-electron chi connectivity index (χ0n) is 9.53. The van der Waals surface area contributed by atoms with Crippen LogP contribution < -0.4 is 11.1 Å². The standard InChI is InChI=1S/C10H10F3N3O3/c11-10(12,13)5-16-7(17)4-19-9(18)6-2-1-3-15-8(6)14/h1-3H,4-5H2,(H2,14,15)(H,16,17). The molecule has 0 bridgehead atoms. The van der Waals surface area contributed by atoms with Gasteiger partial charge in [-0.1, -0.05) is 0 Å². The topological polar surface area (TPSA) is 94.3 Å². The molecule has 1 rings (SSSR count). The first-order valence-electron chi connectivity index (χ1n) is 5.00. The average Bonchev–Trinajstić information content (AvgIpc) is 2.33. The van der Waals surface area contributed by atoms with Crippen molar-refractivity contribution >= 4 is 17.7 Å². The molecule has 0 aliphatic rings. The number of pyridine rings is 1. The Balaban J connectivity index is 2.43. The summed E-state index contributed by atoms with van der Waals surface area (Å²) < 4.78 is 39.9.